The first-order chi connectivity index (χ1) is 64.7. The molecule has 0 bridgehead atoms. The monoisotopic (exact) mass is 1830 g/mol. The number of anilines is 20. The zero-order valence-corrected chi connectivity index (χ0v) is 72.9. The lowest BCUT2D eigenvalue weighted by Crippen LogP contribution is -2.48. The van der Waals surface area contributed by atoms with Gasteiger partial charge >= 0.3 is 0 Å². The molecule has 700 valence electrons. The summed E-state index contributed by atoms with van der Waals surface area (Å²) < 4.78 is 86.8. The first kappa shape index (κ1) is 90.4. The van der Waals surface area contributed by atoms with Gasteiger partial charge in [-0.05, 0) is 104 Å². The highest BCUT2D eigenvalue weighted by molar-refractivity contribution is 5.74. The minimum absolute atomic E-state index is 0.0214. The van der Waals surface area contributed by atoms with Crippen molar-refractivity contribution in [3.63, 3.8) is 0 Å². The van der Waals surface area contributed by atoms with Gasteiger partial charge in [0.2, 0.25) is 53.5 Å². The molecule has 16 heterocycles. The summed E-state index contributed by atoms with van der Waals surface area (Å²) in [4.78, 5) is 81.2. The maximum Gasteiger partial charge on any atom is 0.241 e. The molecule has 0 radical (unpaired) electrons. The number of nitrogens with one attached hydrogen (secondary N) is 4. The van der Waals surface area contributed by atoms with Crippen LogP contribution in [0.3, 0.4) is 0 Å². The Hall–Kier alpha value is -14.5. The highest BCUT2D eigenvalue weighted by Gasteiger charge is 2.30. The van der Waals surface area contributed by atoms with Crippen molar-refractivity contribution < 1.29 is 56.6 Å². The van der Waals surface area contributed by atoms with E-state index in [-0.39, 0.29) is 95.1 Å². The number of carbonyl (C=O) groups excluding carboxylic acids is 1. The largest absolute Gasteiger partial charge is 0.396 e. The summed E-state index contributed by atoms with van der Waals surface area (Å²) in [5.41, 5.74) is 27.6. The van der Waals surface area contributed by atoms with Gasteiger partial charge in [-0.1, -0.05) is 0 Å². The number of aliphatic hydroxyl groups is 3. The Morgan fingerprint density at radius 2 is 0.602 bits per heavy atom. The first-order valence-corrected chi connectivity index (χ1v) is 43.7. The highest BCUT2D eigenvalue weighted by Crippen LogP contribution is 2.35. The lowest BCUT2D eigenvalue weighted by molar-refractivity contribution is -0.129. The number of halogens is 4. The number of amides is 1. The Kier molecular flexibility index (Phi) is 28.4. The van der Waals surface area contributed by atoms with E-state index >= 15 is 0 Å². The Bertz CT molecular complexity index is 5790. The summed E-state index contributed by atoms with van der Waals surface area (Å²) in [6, 6.07) is 27.0. The van der Waals surface area contributed by atoms with Crippen molar-refractivity contribution in [1.82, 2.24) is 104 Å². The number of morpholine rings is 4. The average molecular weight is 1830 g/mol. The van der Waals surface area contributed by atoms with E-state index in [2.05, 4.69) is 131 Å². The van der Waals surface area contributed by atoms with E-state index in [1.165, 1.54) is 68.3 Å². The number of aliphatic hydroxyl groups excluding tert-OH is 3. The van der Waals surface area contributed by atoms with Crippen molar-refractivity contribution in [2.45, 2.75) is 44.8 Å². The third kappa shape index (κ3) is 22.2. The van der Waals surface area contributed by atoms with E-state index in [0.29, 0.717) is 165 Å². The SMILES string of the molecule is CC(=O)N1CCN(c2cc(-n3nc(N)nc3Nc3ccc(N4CCOCC4)cc3F)ncn2)CC1.Nc1nc(Nc2ccc(N3CCOCC3)cc2F)n(-c2cc(N3CCC(CO)CC3)ncn2)n1.Nc1nc(Nc2ccc(N3CCOCC3)cc2F)n(-c2cc(N3CC[C@@H](O)C3)ncn2)n1.Nc1nc(Nc2ccc(N3CCOCC3)cc2F)n(-c2cc(N3CC[C@H](O)C3)ncn2)n1. The van der Waals surface area contributed by atoms with Gasteiger partial charge in [0.1, 0.15) is 71.8 Å². The second-order valence-electron chi connectivity index (χ2n) is 32.2. The molecule has 1 amide bonds. The number of ether oxygens (including phenoxy) is 4. The smallest absolute Gasteiger partial charge is 0.241 e. The van der Waals surface area contributed by atoms with E-state index in [4.69, 9.17) is 41.9 Å². The van der Waals surface area contributed by atoms with Gasteiger partial charge in [0.25, 0.3) is 0 Å². The third-order valence-electron chi connectivity index (χ3n) is 23.4. The topological polar surface area (TPSA) is 522 Å². The van der Waals surface area contributed by atoms with Crippen LogP contribution < -0.4 is 83.4 Å². The molecular formula is C84H103F4N37O8. The summed E-state index contributed by atoms with van der Waals surface area (Å²) in [5, 5.41) is 57.8. The van der Waals surface area contributed by atoms with Gasteiger partial charge in [-0.15, -0.1) is 20.4 Å². The highest BCUT2D eigenvalue weighted by atomic mass is 19.1. The maximum absolute atomic E-state index is 15.0. The number of piperidine rings is 1. The molecule has 49 heteroatoms. The quantitative estimate of drug-likeness (QED) is 0.0442. The number of β-amino-alcohol motifs (C(OH)–C–C–N with tert-alkyl or cyclic N) is 2. The molecule has 15 N–H and O–H groups in total. The normalized spacial score (nSPS) is 17.8. The number of benzene rings is 4. The van der Waals surface area contributed by atoms with Crippen LogP contribution in [0.2, 0.25) is 0 Å². The van der Waals surface area contributed by atoms with Crippen molar-refractivity contribution >= 4 is 122 Å². The summed E-state index contributed by atoms with van der Waals surface area (Å²) in [6.45, 7) is 19.1. The third-order valence-corrected chi connectivity index (χ3v) is 23.4. The van der Waals surface area contributed by atoms with Gasteiger partial charge in [0.05, 0.1) is 87.8 Å². The first-order valence-electron chi connectivity index (χ1n) is 43.7. The van der Waals surface area contributed by atoms with Crippen LogP contribution in [0.4, 0.5) is 134 Å². The zero-order chi connectivity index (χ0) is 92.0. The molecule has 4 aromatic carbocycles. The summed E-state index contributed by atoms with van der Waals surface area (Å²) in [6.07, 6.45) is 8.13. The van der Waals surface area contributed by atoms with Crippen LogP contribution in [0.15, 0.2) is 122 Å². The molecule has 0 saturated carbocycles. The molecule has 2 atom stereocenters. The summed E-state index contributed by atoms with van der Waals surface area (Å²) in [7, 11) is 0. The van der Waals surface area contributed by atoms with Crippen molar-refractivity contribution in [3.8, 4) is 23.3 Å². The Morgan fingerprint density at radius 3 is 0.850 bits per heavy atom. The van der Waals surface area contributed by atoms with Gasteiger partial charge in [-0.2, -0.15) is 38.7 Å². The number of nitrogen functional groups attached to an aromatic ring is 4. The van der Waals surface area contributed by atoms with Crippen molar-refractivity contribution in [3.05, 3.63) is 146 Å². The van der Waals surface area contributed by atoms with E-state index in [9.17, 15) is 37.7 Å². The maximum atomic E-state index is 15.0. The number of carbonyl (C=O) groups is 1. The van der Waals surface area contributed by atoms with E-state index < -0.39 is 23.3 Å². The molecule has 8 aliphatic rings. The van der Waals surface area contributed by atoms with E-state index in [1.807, 2.05) is 34.1 Å². The van der Waals surface area contributed by atoms with E-state index in [0.717, 1.165) is 107 Å². The second kappa shape index (κ2) is 41.7. The average Bonchev–Trinajstić information content (AvgIpc) is 1.65. The van der Waals surface area contributed by atoms with Crippen LogP contribution in [-0.2, 0) is 23.7 Å². The number of hydrogen-bond acceptors (Lipinski definition) is 40. The predicted octanol–water partition coefficient (Wildman–Crippen LogP) is 4.45. The van der Waals surface area contributed by atoms with Crippen molar-refractivity contribution in [2.75, 3.05) is 261 Å². The molecule has 0 unspecified atom stereocenters. The van der Waals surface area contributed by atoms with Crippen LogP contribution in [0.25, 0.3) is 23.3 Å². The van der Waals surface area contributed by atoms with Crippen LogP contribution in [0.1, 0.15) is 32.6 Å². The molecule has 8 fully saturated rings. The van der Waals surface area contributed by atoms with Gasteiger partial charge in [0.15, 0.2) is 23.3 Å². The number of piperazine rings is 1. The van der Waals surface area contributed by atoms with Gasteiger partial charge in [-0.25, -0.2) is 57.4 Å². The fourth-order valence-corrected chi connectivity index (χ4v) is 16.2. The van der Waals surface area contributed by atoms with Crippen LogP contribution in [-0.4, -0.2) is 315 Å². The van der Waals surface area contributed by atoms with E-state index in [1.54, 1.807) is 60.4 Å². The number of rotatable bonds is 21. The van der Waals surface area contributed by atoms with Crippen LogP contribution >= 0.6 is 0 Å². The zero-order valence-electron chi connectivity index (χ0n) is 72.9. The minimum Gasteiger partial charge on any atom is -0.396 e. The number of nitrogens with zero attached hydrogens (tertiary/aromatic N) is 29. The standard InChI is InChI=1S/C22H27FN10O2.C22H28FN9O2.2C20H24FN9O2/c1-15(34)30-4-6-32(7-5-30)19-13-20(26-14-25-19)33-22(28-21(24)29-33)27-18-3-2-16(12-17(18)23)31-8-10-35-11-9-31;23-17-11-16(30-7-9-34-10-8-30)1-2-18(17)27-22-28-21(24)29-32(22)20-12-19(25-14-26-20)31-5-3-15(13-33)4-6-31;2*21-15-9-13(28-5-7-32-8-6-28)1-2-16(15)25-20-26-19(22)27-30(20)18-10-17(23-12-24-18)29-4-3-14(31)11-29/h2-3,12-14H,4-11H2,1H3,(H3,24,27,28,29);1-2,11-12,14-15,33H,3-10,13H2,(H3,24,27,28,29);2*1-2,9-10,12,14,31H,3-8,11H2,(H3,22,25,26,27)/t;;2*14-/m..10/s1. The second-order valence-corrected chi connectivity index (χ2v) is 32.2. The predicted molar refractivity (Wildman–Crippen MR) is 488 cm³/mol. The molecule has 0 spiro atoms. The fraction of sp³-hybridized carbons (Fsp3) is 0.417. The lowest BCUT2D eigenvalue weighted by atomic mass is 9.98. The molecule has 133 heavy (non-hydrogen) atoms. The molecule has 12 aromatic rings. The molecule has 8 aliphatic heterocycles. The van der Waals surface area contributed by atoms with Gasteiger partial charge in [0, 0.05) is 178 Å². The molecule has 20 rings (SSSR count). The molecule has 8 saturated heterocycles. The van der Waals surface area contributed by atoms with Crippen LogP contribution in [0, 0.1) is 29.2 Å². The Labute approximate surface area is 759 Å². The summed E-state index contributed by atoms with van der Waals surface area (Å²) in [5.74, 6) is 4.27. The minimum atomic E-state index is -0.422. The van der Waals surface area contributed by atoms with Crippen molar-refractivity contribution in [1.29, 1.82) is 0 Å². The molecule has 0 aliphatic carbocycles. The molecule has 8 aromatic heterocycles. The number of aromatic nitrogens is 20. The van der Waals surface area contributed by atoms with Crippen LogP contribution in [0.5, 0.6) is 0 Å². The van der Waals surface area contributed by atoms with Gasteiger partial charge < -0.3 is 123 Å². The fourth-order valence-electron chi connectivity index (χ4n) is 16.2. The van der Waals surface area contributed by atoms with Gasteiger partial charge in [-0.3, -0.25) is 4.79 Å². The number of nitrogens with two attached hydrogens (primary N) is 4. The Morgan fingerprint density at radius 1 is 0.346 bits per heavy atom. The summed E-state index contributed by atoms with van der Waals surface area (Å²) >= 11 is 0. The Balaban J connectivity index is 0.000000124. The lowest BCUT2D eigenvalue weighted by Gasteiger charge is -2.34. The van der Waals surface area contributed by atoms with Crippen molar-refractivity contribution in [2.24, 2.45) is 5.92 Å². The molecular weight excluding hydrogens is 1730 g/mol. The molecule has 45 nitrogen and oxygen atoms in total. The number of hydrogen-bond donors (Lipinski definition) is 11.